The summed E-state index contributed by atoms with van der Waals surface area (Å²) in [6.07, 6.45) is -0.246. The largest absolute Gasteiger partial charge is 0.369 e. The molecule has 1 aliphatic rings. The molecule has 0 radical (unpaired) electrons. The maximum atomic E-state index is 11.6. The number of rotatable bonds is 2. The number of hydrogen-bond donors (Lipinski definition) is 3. The Hall–Kier alpha value is -1.88. The SMILES string of the molecule is NC(=O)C1CNC(c2ccccc2)NC1=O. The summed E-state index contributed by atoms with van der Waals surface area (Å²) in [4.78, 5) is 22.5. The summed E-state index contributed by atoms with van der Waals surface area (Å²) in [5.41, 5.74) is 6.06. The monoisotopic (exact) mass is 219 g/mol. The molecule has 1 saturated heterocycles. The second-order valence-electron chi connectivity index (χ2n) is 3.72. The minimum absolute atomic E-state index is 0.246. The highest BCUT2D eigenvalue weighted by Gasteiger charge is 2.31. The molecule has 1 fully saturated rings. The van der Waals surface area contributed by atoms with Gasteiger partial charge in [0.25, 0.3) is 0 Å². The summed E-state index contributed by atoms with van der Waals surface area (Å²) in [5, 5.41) is 5.78. The maximum Gasteiger partial charge on any atom is 0.235 e. The Bertz CT molecular complexity index is 405. The molecule has 0 aromatic heterocycles. The fraction of sp³-hybridized carbons (Fsp3) is 0.273. The first kappa shape index (κ1) is 10.6. The topological polar surface area (TPSA) is 84.2 Å². The van der Waals surface area contributed by atoms with Crippen LogP contribution in [0.1, 0.15) is 11.7 Å². The molecular formula is C11H13N3O2. The van der Waals surface area contributed by atoms with Gasteiger partial charge in [0.15, 0.2) is 0 Å². The van der Waals surface area contributed by atoms with E-state index in [1.54, 1.807) is 0 Å². The maximum absolute atomic E-state index is 11.6. The van der Waals surface area contributed by atoms with E-state index < -0.39 is 11.8 Å². The van der Waals surface area contributed by atoms with E-state index in [1.807, 2.05) is 30.3 Å². The van der Waals surface area contributed by atoms with Crippen molar-refractivity contribution in [1.82, 2.24) is 10.6 Å². The predicted octanol–water partition coefficient (Wildman–Crippen LogP) is -0.494. The molecule has 1 heterocycles. The van der Waals surface area contributed by atoms with Crippen LogP contribution in [0, 0.1) is 5.92 Å². The van der Waals surface area contributed by atoms with Crippen LogP contribution in [0.4, 0.5) is 0 Å². The van der Waals surface area contributed by atoms with Crippen molar-refractivity contribution in [2.24, 2.45) is 11.7 Å². The molecular weight excluding hydrogens is 206 g/mol. The summed E-state index contributed by atoms with van der Waals surface area (Å²) in [6.45, 7) is 0.278. The van der Waals surface area contributed by atoms with Crippen LogP contribution in [0.2, 0.25) is 0 Å². The molecule has 0 spiro atoms. The van der Waals surface area contributed by atoms with Gasteiger partial charge in [-0.05, 0) is 5.56 Å². The summed E-state index contributed by atoms with van der Waals surface area (Å²) in [7, 11) is 0. The first-order valence-corrected chi connectivity index (χ1v) is 5.06. The second kappa shape index (κ2) is 4.32. The molecule has 2 rings (SSSR count). The van der Waals surface area contributed by atoms with Gasteiger partial charge in [0.2, 0.25) is 11.8 Å². The number of carbonyl (C=O) groups is 2. The first-order chi connectivity index (χ1) is 7.68. The van der Waals surface area contributed by atoms with Gasteiger partial charge in [-0.3, -0.25) is 14.9 Å². The predicted molar refractivity (Wildman–Crippen MR) is 58.0 cm³/mol. The smallest absolute Gasteiger partial charge is 0.235 e. The van der Waals surface area contributed by atoms with Gasteiger partial charge >= 0.3 is 0 Å². The summed E-state index contributed by atoms with van der Waals surface area (Å²) in [6, 6.07) is 9.50. The Balaban J connectivity index is 2.08. The number of amides is 2. The minimum atomic E-state index is -0.778. The van der Waals surface area contributed by atoms with Crippen molar-refractivity contribution in [1.29, 1.82) is 0 Å². The standard InChI is InChI=1S/C11H13N3O2/c12-9(15)8-6-13-10(14-11(8)16)7-4-2-1-3-5-7/h1-5,8,10,13H,6H2,(H2,12,15)(H,14,16). The van der Waals surface area contributed by atoms with Crippen molar-refractivity contribution in [2.45, 2.75) is 6.17 Å². The average Bonchev–Trinajstić information content (AvgIpc) is 2.29. The van der Waals surface area contributed by atoms with Crippen LogP contribution in [0.5, 0.6) is 0 Å². The lowest BCUT2D eigenvalue weighted by Crippen LogP contribution is -2.54. The highest BCUT2D eigenvalue weighted by Crippen LogP contribution is 2.14. The van der Waals surface area contributed by atoms with Gasteiger partial charge in [0.1, 0.15) is 12.1 Å². The Morgan fingerprint density at radius 3 is 2.56 bits per heavy atom. The molecule has 2 amide bonds. The Kier molecular flexibility index (Phi) is 2.87. The van der Waals surface area contributed by atoms with Crippen LogP contribution < -0.4 is 16.4 Å². The molecule has 5 heteroatoms. The van der Waals surface area contributed by atoms with Gasteiger partial charge in [-0.2, -0.15) is 0 Å². The molecule has 5 nitrogen and oxygen atoms in total. The van der Waals surface area contributed by atoms with Gasteiger partial charge < -0.3 is 11.1 Å². The fourth-order valence-corrected chi connectivity index (χ4v) is 1.70. The van der Waals surface area contributed by atoms with E-state index in [4.69, 9.17) is 5.73 Å². The second-order valence-corrected chi connectivity index (χ2v) is 3.72. The van der Waals surface area contributed by atoms with Gasteiger partial charge in [0, 0.05) is 6.54 Å². The van der Waals surface area contributed by atoms with Crippen LogP contribution >= 0.6 is 0 Å². The van der Waals surface area contributed by atoms with Crippen molar-refractivity contribution in [3.63, 3.8) is 0 Å². The Morgan fingerprint density at radius 2 is 2.00 bits per heavy atom. The third-order valence-electron chi connectivity index (χ3n) is 2.61. The molecule has 1 aliphatic heterocycles. The zero-order valence-corrected chi connectivity index (χ0v) is 8.64. The van der Waals surface area contributed by atoms with E-state index in [0.29, 0.717) is 0 Å². The summed E-state index contributed by atoms with van der Waals surface area (Å²) >= 11 is 0. The van der Waals surface area contributed by atoms with Gasteiger partial charge in [-0.15, -0.1) is 0 Å². The van der Waals surface area contributed by atoms with E-state index in [9.17, 15) is 9.59 Å². The highest BCUT2D eigenvalue weighted by molar-refractivity contribution is 6.00. The fourth-order valence-electron chi connectivity index (χ4n) is 1.70. The van der Waals surface area contributed by atoms with Crippen molar-refractivity contribution in [3.8, 4) is 0 Å². The molecule has 1 aromatic carbocycles. The number of nitrogens with two attached hydrogens (primary N) is 1. The van der Waals surface area contributed by atoms with Crippen LogP contribution in [0.25, 0.3) is 0 Å². The van der Waals surface area contributed by atoms with Gasteiger partial charge in [-0.25, -0.2) is 0 Å². The van der Waals surface area contributed by atoms with E-state index in [-0.39, 0.29) is 18.6 Å². The molecule has 84 valence electrons. The van der Waals surface area contributed by atoms with Crippen LogP contribution in [-0.4, -0.2) is 18.4 Å². The number of hydrogen-bond acceptors (Lipinski definition) is 3. The van der Waals surface area contributed by atoms with E-state index >= 15 is 0 Å². The van der Waals surface area contributed by atoms with Gasteiger partial charge in [-0.1, -0.05) is 30.3 Å². The molecule has 0 aliphatic carbocycles. The van der Waals surface area contributed by atoms with E-state index in [2.05, 4.69) is 10.6 Å². The molecule has 0 saturated carbocycles. The molecule has 1 aromatic rings. The lowest BCUT2D eigenvalue weighted by Gasteiger charge is -2.29. The normalized spacial score (nSPS) is 24.9. The molecule has 2 unspecified atom stereocenters. The zero-order valence-electron chi connectivity index (χ0n) is 8.64. The van der Waals surface area contributed by atoms with Gasteiger partial charge in [0.05, 0.1) is 0 Å². The van der Waals surface area contributed by atoms with Crippen molar-refractivity contribution in [2.75, 3.05) is 6.54 Å². The average molecular weight is 219 g/mol. The Labute approximate surface area is 93.0 Å². The minimum Gasteiger partial charge on any atom is -0.369 e. The van der Waals surface area contributed by atoms with Crippen molar-refractivity contribution in [3.05, 3.63) is 35.9 Å². The lowest BCUT2D eigenvalue weighted by molar-refractivity contribution is -0.135. The zero-order chi connectivity index (χ0) is 11.5. The quantitative estimate of drug-likeness (QED) is 0.587. The number of benzene rings is 1. The number of primary amides is 1. The summed E-state index contributed by atoms with van der Waals surface area (Å²) in [5.74, 6) is -1.70. The van der Waals surface area contributed by atoms with E-state index in [0.717, 1.165) is 5.56 Å². The molecule has 16 heavy (non-hydrogen) atoms. The number of nitrogens with one attached hydrogen (secondary N) is 2. The first-order valence-electron chi connectivity index (χ1n) is 5.06. The molecule has 0 bridgehead atoms. The third-order valence-corrected chi connectivity index (χ3v) is 2.61. The van der Waals surface area contributed by atoms with Crippen LogP contribution in [0.15, 0.2) is 30.3 Å². The van der Waals surface area contributed by atoms with Crippen LogP contribution in [0.3, 0.4) is 0 Å². The third kappa shape index (κ3) is 2.04. The number of carbonyl (C=O) groups excluding carboxylic acids is 2. The molecule has 2 atom stereocenters. The summed E-state index contributed by atoms with van der Waals surface area (Å²) < 4.78 is 0. The van der Waals surface area contributed by atoms with E-state index in [1.165, 1.54) is 0 Å². The Morgan fingerprint density at radius 1 is 1.31 bits per heavy atom. The molecule has 4 N–H and O–H groups in total. The van der Waals surface area contributed by atoms with Crippen molar-refractivity contribution < 1.29 is 9.59 Å². The lowest BCUT2D eigenvalue weighted by atomic mass is 10.0. The highest BCUT2D eigenvalue weighted by atomic mass is 16.2. The van der Waals surface area contributed by atoms with Crippen molar-refractivity contribution >= 4 is 11.8 Å². The van der Waals surface area contributed by atoms with Crippen LogP contribution in [-0.2, 0) is 9.59 Å².